The van der Waals surface area contributed by atoms with Gasteiger partial charge in [-0.1, -0.05) is 0 Å². The van der Waals surface area contributed by atoms with Crippen molar-refractivity contribution in [1.82, 2.24) is 4.90 Å². The average Bonchev–Trinajstić information content (AvgIpc) is 2.67. The van der Waals surface area contributed by atoms with Gasteiger partial charge in [-0.05, 0) is 51.0 Å². The number of rotatable bonds is 6. The van der Waals surface area contributed by atoms with Gasteiger partial charge in [0, 0.05) is 13.1 Å². The number of halogens is 3. The van der Waals surface area contributed by atoms with Crippen molar-refractivity contribution in [2.45, 2.75) is 39.2 Å². The summed E-state index contributed by atoms with van der Waals surface area (Å²) in [5.41, 5.74) is -0.0137. The van der Waals surface area contributed by atoms with E-state index in [1.165, 1.54) is 11.8 Å². The topological polar surface area (TPSA) is 82.1 Å². The Balaban J connectivity index is 1.86. The number of carbonyl (C=O) groups is 3. The fourth-order valence-electron chi connectivity index (χ4n) is 2.92. The molecule has 1 fully saturated rings. The Morgan fingerprint density at radius 3 is 2.24 bits per heavy atom. The standard InChI is InChI=1S/C19H22F3NO6/c1-3-27-17(25)14-8-10-23(11-9-14)16(24)12(2)28-18(26)13-4-6-15(7-5-13)29-19(20,21)22/h4-7,12,14H,3,8-11H2,1-2H3. The third-order valence-corrected chi connectivity index (χ3v) is 4.38. The van der Waals surface area contributed by atoms with Crippen molar-refractivity contribution in [2.24, 2.45) is 5.92 Å². The van der Waals surface area contributed by atoms with Gasteiger partial charge in [0.05, 0.1) is 18.1 Å². The van der Waals surface area contributed by atoms with Crippen LogP contribution < -0.4 is 4.74 Å². The first-order chi connectivity index (χ1) is 13.6. The summed E-state index contributed by atoms with van der Waals surface area (Å²) in [6.07, 6.45) is -4.98. The van der Waals surface area contributed by atoms with Crippen LogP contribution in [0.5, 0.6) is 5.75 Å². The number of hydrogen-bond donors (Lipinski definition) is 0. The van der Waals surface area contributed by atoms with E-state index < -0.39 is 30.1 Å². The highest BCUT2D eigenvalue weighted by Gasteiger charge is 2.32. The van der Waals surface area contributed by atoms with Crippen molar-refractivity contribution in [2.75, 3.05) is 19.7 Å². The van der Waals surface area contributed by atoms with Gasteiger partial charge in [0.15, 0.2) is 6.10 Å². The zero-order valence-electron chi connectivity index (χ0n) is 16.0. The van der Waals surface area contributed by atoms with E-state index in [1.54, 1.807) is 6.92 Å². The van der Waals surface area contributed by atoms with E-state index in [2.05, 4.69) is 4.74 Å². The minimum atomic E-state index is -4.83. The molecule has 1 unspecified atom stereocenters. The first-order valence-corrected chi connectivity index (χ1v) is 9.13. The molecule has 2 rings (SSSR count). The molecule has 0 aliphatic carbocycles. The summed E-state index contributed by atoms with van der Waals surface area (Å²) in [5, 5.41) is 0. The van der Waals surface area contributed by atoms with Crippen molar-refractivity contribution >= 4 is 17.8 Å². The van der Waals surface area contributed by atoms with Gasteiger partial charge < -0.3 is 19.1 Å². The first-order valence-electron chi connectivity index (χ1n) is 9.13. The van der Waals surface area contributed by atoms with Crippen LogP contribution in [0.1, 0.15) is 37.0 Å². The van der Waals surface area contributed by atoms with Gasteiger partial charge >= 0.3 is 18.3 Å². The van der Waals surface area contributed by atoms with Crippen molar-refractivity contribution in [3.8, 4) is 5.75 Å². The molecule has 1 amide bonds. The smallest absolute Gasteiger partial charge is 0.466 e. The van der Waals surface area contributed by atoms with Crippen molar-refractivity contribution in [3.63, 3.8) is 0 Å². The van der Waals surface area contributed by atoms with Gasteiger partial charge in [0.1, 0.15) is 5.75 Å². The molecule has 1 aromatic carbocycles. The van der Waals surface area contributed by atoms with E-state index in [4.69, 9.17) is 9.47 Å². The van der Waals surface area contributed by atoms with E-state index in [9.17, 15) is 27.6 Å². The molecule has 29 heavy (non-hydrogen) atoms. The second kappa shape index (κ2) is 9.62. The van der Waals surface area contributed by atoms with E-state index in [0.717, 1.165) is 24.3 Å². The average molecular weight is 417 g/mol. The lowest BCUT2D eigenvalue weighted by Gasteiger charge is -2.32. The number of hydrogen-bond acceptors (Lipinski definition) is 6. The zero-order valence-corrected chi connectivity index (χ0v) is 16.0. The molecule has 1 heterocycles. The van der Waals surface area contributed by atoms with Gasteiger partial charge in [0.25, 0.3) is 5.91 Å². The summed E-state index contributed by atoms with van der Waals surface area (Å²) in [6.45, 7) is 4.12. The van der Waals surface area contributed by atoms with Gasteiger partial charge in [-0.25, -0.2) is 4.79 Å². The number of carbonyl (C=O) groups excluding carboxylic acids is 3. The molecule has 10 heteroatoms. The molecule has 160 valence electrons. The van der Waals surface area contributed by atoms with Crippen LogP contribution in [0.3, 0.4) is 0 Å². The number of ether oxygens (including phenoxy) is 3. The largest absolute Gasteiger partial charge is 0.573 e. The predicted molar refractivity (Wildman–Crippen MR) is 93.9 cm³/mol. The Kier molecular flexibility index (Phi) is 7.46. The van der Waals surface area contributed by atoms with Crippen LogP contribution in [0.25, 0.3) is 0 Å². The molecule has 0 aromatic heterocycles. The number of alkyl halides is 3. The van der Waals surface area contributed by atoms with Gasteiger partial charge in [-0.2, -0.15) is 0 Å². The van der Waals surface area contributed by atoms with Crippen LogP contribution in [0.15, 0.2) is 24.3 Å². The second-order valence-electron chi connectivity index (χ2n) is 6.47. The minimum absolute atomic E-state index is 0.0137. The fourth-order valence-corrected chi connectivity index (χ4v) is 2.92. The molecule has 1 saturated heterocycles. The second-order valence-corrected chi connectivity index (χ2v) is 6.47. The van der Waals surface area contributed by atoms with E-state index in [0.29, 0.717) is 32.5 Å². The zero-order chi connectivity index (χ0) is 21.6. The summed E-state index contributed by atoms with van der Waals surface area (Å²) < 4.78 is 50.3. The van der Waals surface area contributed by atoms with Gasteiger partial charge in [0.2, 0.25) is 0 Å². The summed E-state index contributed by atoms with van der Waals surface area (Å²) in [4.78, 5) is 37.9. The molecule has 1 aromatic rings. The summed E-state index contributed by atoms with van der Waals surface area (Å²) in [5.74, 6) is -2.25. The first kappa shape index (κ1) is 22.5. The predicted octanol–water partition coefficient (Wildman–Crippen LogP) is 2.93. The maximum atomic E-state index is 12.5. The monoisotopic (exact) mass is 417 g/mol. The van der Waals surface area contributed by atoms with Crippen LogP contribution in [-0.2, 0) is 19.1 Å². The molecule has 1 aliphatic heterocycles. The summed E-state index contributed by atoms with van der Waals surface area (Å²) in [6, 6.07) is 4.20. The SMILES string of the molecule is CCOC(=O)C1CCN(C(=O)C(C)OC(=O)c2ccc(OC(F)(F)F)cc2)CC1. The van der Waals surface area contributed by atoms with Crippen molar-refractivity contribution in [1.29, 1.82) is 0 Å². The normalized spacial score (nSPS) is 16.1. The van der Waals surface area contributed by atoms with Gasteiger partial charge in [-0.3, -0.25) is 9.59 Å². The van der Waals surface area contributed by atoms with Crippen LogP contribution in [0, 0.1) is 5.92 Å². The number of amides is 1. The highest BCUT2D eigenvalue weighted by atomic mass is 19.4. The quantitative estimate of drug-likeness (QED) is 0.662. The summed E-state index contributed by atoms with van der Waals surface area (Å²) >= 11 is 0. The van der Waals surface area contributed by atoms with Crippen LogP contribution in [0.4, 0.5) is 13.2 Å². The minimum Gasteiger partial charge on any atom is -0.466 e. The van der Waals surface area contributed by atoms with E-state index in [1.807, 2.05) is 0 Å². The lowest BCUT2D eigenvalue weighted by Crippen LogP contribution is -2.45. The molecule has 1 aliphatic rings. The van der Waals surface area contributed by atoms with Crippen LogP contribution in [-0.4, -0.2) is 54.9 Å². The Morgan fingerprint density at radius 1 is 1.14 bits per heavy atom. The number of likely N-dealkylation sites (tertiary alicyclic amines) is 1. The molecule has 0 bridgehead atoms. The maximum absolute atomic E-state index is 12.5. The Labute approximate surface area is 165 Å². The third kappa shape index (κ3) is 6.65. The molecular weight excluding hydrogens is 395 g/mol. The molecule has 0 saturated carbocycles. The van der Waals surface area contributed by atoms with E-state index >= 15 is 0 Å². The molecule has 1 atom stereocenters. The van der Waals surface area contributed by atoms with Crippen molar-refractivity contribution in [3.05, 3.63) is 29.8 Å². The van der Waals surface area contributed by atoms with Crippen LogP contribution in [0.2, 0.25) is 0 Å². The molecule has 0 radical (unpaired) electrons. The number of esters is 2. The fraction of sp³-hybridized carbons (Fsp3) is 0.526. The Bertz CT molecular complexity index is 726. The Morgan fingerprint density at radius 2 is 1.72 bits per heavy atom. The molecule has 7 nitrogen and oxygen atoms in total. The lowest BCUT2D eigenvalue weighted by atomic mass is 9.97. The van der Waals surface area contributed by atoms with Crippen LogP contribution >= 0.6 is 0 Å². The van der Waals surface area contributed by atoms with Gasteiger partial charge in [-0.15, -0.1) is 13.2 Å². The molecule has 0 spiro atoms. The third-order valence-electron chi connectivity index (χ3n) is 4.38. The molecule has 0 N–H and O–H groups in total. The molecular formula is C19H22F3NO6. The summed E-state index contributed by atoms with van der Waals surface area (Å²) in [7, 11) is 0. The highest BCUT2D eigenvalue weighted by molar-refractivity contribution is 5.92. The number of piperidine rings is 1. The number of benzene rings is 1. The van der Waals surface area contributed by atoms with Crippen molar-refractivity contribution < 1.29 is 41.8 Å². The highest BCUT2D eigenvalue weighted by Crippen LogP contribution is 2.23. The number of nitrogens with zero attached hydrogens (tertiary/aromatic N) is 1. The lowest BCUT2D eigenvalue weighted by molar-refractivity contribution is -0.274. The Hall–Kier alpha value is -2.78. The maximum Gasteiger partial charge on any atom is 0.573 e. The van der Waals surface area contributed by atoms with E-state index in [-0.39, 0.29) is 17.5 Å².